The van der Waals surface area contributed by atoms with Gasteiger partial charge in [-0.25, -0.2) is 4.98 Å². The summed E-state index contributed by atoms with van der Waals surface area (Å²) in [6.07, 6.45) is 4.36. The van der Waals surface area contributed by atoms with E-state index in [1.165, 1.54) is 11.3 Å². The summed E-state index contributed by atoms with van der Waals surface area (Å²) in [7, 11) is 6.85. The number of amides is 4. The van der Waals surface area contributed by atoms with E-state index in [0.717, 1.165) is 29.8 Å². The molecule has 60 heavy (non-hydrogen) atoms. The Morgan fingerprint density at radius 2 is 1.63 bits per heavy atom. The van der Waals surface area contributed by atoms with Crippen molar-refractivity contribution in [2.75, 3.05) is 54.6 Å². The standard InChI is InChI=1S/C46H76N6O7S/c1-13-25-59-26-24-50(9)40(31(5)6)44(55)49-39(30(3)4)46(56)51(10)41(32(7)14-2)37(57-11)29-38(53)52-23-18-21-36(52)42(58-12)33(8)43(54)48-35(45-47-22-27-60-45)28-34-19-16-15-17-20-34/h15-17,19-20,22,27,30-33,35-37,39-42H,13-14,18,21,23-26,28-29H2,1-12H3,(H,48,54)(H,49,55)/t32-,33+,35-,36-,37+,39-,40-,41-,42+/m0/s1. The second-order valence-electron chi connectivity index (χ2n) is 17.2. The number of rotatable bonds is 26. The molecule has 2 N–H and O–H groups in total. The summed E-state index contributed by atoms with van der Waals surface area (Å²) in [5, 5.41) is 9.09. The maximum atomic E-state index is 14.5. The first kappa shape index (κ1) is 50.9. The van der Waals surface area contributed by atoms with Crippen molar-refractivity contribution in [1.82, 2.24) is 30.3 Å². The molecule has 13 nitrogen and oxygen atoms in total. The van der Waals surface area contributed by atoms with E-state index in [9.17, 15) is 19.2 Å². The minimum atomic E-state index is -0.783. The molecule has 1 aromatic carbocycles. The van der Waals surface area contributed by atoms with Crippen molar-refractivity contribution in [3.63, 3.8) is 0 Å². The molecule has 2 heterocycles. The van der Waals surface area contributed by atoms with Crippen molar-refractivity contribution in [1.29, 1.82) is 0 Å². The number of likely N-dealkylation sites (tertiary alicyclic amines) is 1. The molecule has 1 aromatic heterocycles. The van der Waals surface area contributed by atoms with Crippen LogP contribution in [0.2, 0.25) is 0 Å². The molecule has 2 aromatic rings. The van der Waals surface area contributed by atoms with E-state index in [0.29, 0.717) is 39.1 Å². The predicted molar refractivity (Wildman–Crippen MR) is 238 cm³/mol. The number of thiazole rings is 1. The lowest BCUT2D eigenvalue weighted by Gasteiger charge is -2.41. The van der Waals surface area contributed by atoms with Gasteiger partial charge in [0.15, 0.2) is 0 Å². The van der Waals surface area contributed by atoms with E-state index >= 15 is 0 Å². The Bertz CT molecular complexity index is 1580. The molecule has 4 amide bonds. The topological polar surface area (TPSA) is 143 Å². The molecule has 9 atom stereocenters. The third-order valence-electron chi connectivity index (χ3n) is 12.1. The summed E-state index contributed by atoms with van der Waals surface area (Å²) in [4.78, 5) is 66.8. The number of benzene rings is 1. The van der Waals surface area contributed by atoms with Crippen LogP contribution in [0.1, 0.15) is 104 Å². The highest BCUT2D eigenvalue weighted by Crippen LogP contribution is 2.30. The highest BCUT2D eigenvalue weighted by molar-refractivity contribution is 7.09. The summed E-state index contributed by atoms with van der Waals surface area (Å²) in [6, 6.07) is 7.71. The van der Waals surface area contributed by atoms with Gasteiger partial charge in [0, 0.05) is 52.5 Å². The fourth-order valence-electron chi connectivity index (χ4n) is 8.64. The fourth-order valence-corrected chi connectivity index (χ4v) is 9.33. The maximum absolute atomic E-state index is 14.5. The molecule has 0 radical (unpaired) electrons. The average molecular weight is 857 g/mol. The number of ether oxygens (including phenoxy) is 3. The van der Waals surface area contributed by atoms with Crippen LogP contribution in [0.5, 0.6) is 0 Å². The first-order valence-corrected chi connectivity index (χ1v) is 22.9. The molecular formula is C46H76N6O7S. The van der Waals surface area contributed by atoms with Crippen molar-refractivity contribution < 1.29 is 33.4 Å². The summed E-state index contributed by atoms with van der Waals surface area (Å²) >= 11 is 1.51. The molecule has 0 unspecified atom stereocenters. The van der Waals surface area contributed by atoms with E-state index in [-0.39, 0.29) is 59.9 Å². The lowest BCUT2D eigenvalue weighted by Crippen LogP contribution is -2.60. The second-order valence-corrected chi connectivity index (χ2v) is 18.1. The zero-order valence-electron chi connectivity index (χ0n) is 38.5. The van der Waals surface area contributed by atoms with Crippen molar-refractivity contribution in [2.45, 2.75) is 136 Å². The summed E-state index contributed by atoms with van der Waals surface area (Å²) < 4.78 is 17.8. The zero-order chi connectivity index (χ0) is 44.5. The van der Waals surface area contributed by atoms with Gasteiger partial charge < -0.3 is 34.6 Å². The van der Waals surface area contributed by atoms with E-state index in [4.69, 9.17) is 14.2 Å². The molecule has 0 bridgehead atoms. The van der Waals surface area contributed by atoms with Crippen LogP contribution in [0.3, 0.4) is 0 Å². The van der Waals surface area contributed by atoms with Gasteiger partial charge in [-0.15, -0.1) is 11.3 Å². The van der Waals surface area contributed by atoms with Gasteiger partial charge in [-0.05, 0) is 56.0 Å². The van der Waals surface area contributed by atoms with Crippen LogP contribution in [0, 0.1) is 23.7 Å². The third kappa shape index (κ3) is 14.1. The molecule has 1 aliphatic heterocycles. The largest absolute Gasteiger partial charge is 0.380 e. The molecular weight excluding hydrogens is 781 g/mol. The number of carbonyl (C=O) groups excluding carboxylic acids is 4. The quantitative estimate of drug-likeness (QED) is 0.109. The first-order chi connectivity index (χ1) is 28.6. The number of hydrogen-bond acceptors (Lipinski definition) is 10. The zero-order valence-corrected chi connectivity index (χ0v) is 39.3. The second kappa shape index (κ2) is 25.5. The smallest absolute Gasteiger partial charge is 0.245 e. The van der Waals surface area contributed by atoms with E-state index in [1.54, 1.807) is 32.4 Å². The number of likely N-dealkylation sites (N-methyl/N-ethyl adjacent to an activating group) is 2. The van der Waals surface area contributed by atoms with Gasteiger partial charge >= 0.3 is 0 Å². The molecule has 0 aliphatic carbocycles. The van der Waals surface area contributed by atoms with Crippen molar-refractivity contribution in [2.24, 2.45) is 23.7 Å². The number of nitrogens with one attached hydrogen (secondary N) is 2. The Labute approximate surface area is 364 Å². The molecule has 3 rings (SSSR count). The van der Waals surface area contributed by atoms with Crippen LogP contribution >= 0.6 is 11.3 Å². The molecule has 0 spiro atoms. The van der Waals surface area contributed by atoms with Crippen LogP contribution < -0.4 is 10.6 Å². The number of aromatic nitrogens is 1. The van der Waals surface area contributed by atoms with Crippen LogP contribution in [-0.2, 0) is 39.8 Å². The Hall–Kier alpha value is -3.43. The fraction of sp³-hybridized carbons (Fsp3) is 0.717. The van der Waals surface area contributed by atoms with Gasteiger partial charge in [-0.3, -0.25) is 24.1 Å². The molecule has 1 saturated heterocycles. The molecule has 0 saturated carbocycles. The lowest BCUT2D eigenvalue weighted by atomic mass is 9.89. The minimum Gasteiger partial charge on any atom is -0.380 e. The van der Waals surface area contributed by atoms with Crippen molar-refractivity contribution in [3.8, 4) is 0 Å². The van der Waals surface area contributed by atoms with E-state index in [1.807, 2.05) is 87.2 Å². The first-order valence-electron chi connectivity index (χ1n) is 22.0. The summed E-state index contributed by atoms with van der Waals surface area (Å²) in [5.74, 6) is -1.48. The van der Waals surface area contributed by atoms with Gasteiger partial charge in [0.1, 0.15) is 11.0 Å². The van der Waals surface area contributed by atoms with Gasteiger partial charge in [-0.2, -0.15) is 0 Å². The van der Waals surface area contributed by atoms with Gasteiger partial charge in [0.25, 0.3) is 0 Å². The van der Waals surface area contributed by atoms with Crippen LogP contribution in [0.25, 0.3) is 0 Å². The number of nitrogens with zero attached hydrogens (tertiary/aromatic N) is 4. The van der Waals surface area contributed by atoms with Gasteiger partial charge in [0.2, 0.25) is 23.6 Å². The maximum Gasteiger partial charge on any atom is 0.245 e. The van der Waals surface area contributed by atoms with Crippen molar-refractivity contribution in [3.05, 3.63) is 52.5 Å². The Kier molecular flexibility index (Phi) is 21.6. The predicted octanol–water partition coefficient (Wildman–Crippen LogP) is 5.99. The minimum absolute atomic E-state index is 0.00290. The number of hydrogen-bond donors (Lipinski definition) is 2. The summed E-state index contributed by atoms with van der Waals surface area (Å²) in [6.45, 7) is 18.2. The monoisotopic (exact) mass is 857 g/mol. The highest BCUT2D eigenvalue weighted by atomic mass is 32.1. The third-order valence-corrected chi connectivity index (χ3v) is 13.0. The molecule has 338 valence electrons. The highest BCUT2D eigenvalue weighted by Gasteiger charge is 2.43. The number of carbonyl (C=O) groups is 4. The Balaban J connectivity index is 1.77. The molecule has 1 fully saturated rings. The van der Waals surface area contributed by atoms with Gasteiger partial charge in [0.05, 0.1) is 55.3 Å². The summed E-state index contributed by atoms with van der Waals surface area (Å²) in [5.41, 5.74) is 1.09. The van der Waals surface area contributed by atoms with Crippen molar-refractivity contribution >= 4 is 35.0 Å². The SMILES string of the molecule is CCCOCCN(C)[C@H](C(=O)N[C@H](C(=O)N(C)[C@@H]([C@@H](C)CC)[C@@H](CC(=O)N1CCC[C@H]1[C@H](OC)[C@@H](C)C(=O)N[C@@H](Cc1ccccc1)c1nccs1)OC)C(C)C)C(C)C. The average Bonchev–Trinajstić information content (AvgIpc) is 3.95. The van der Waals surface area contributed by atoms with E-state index < -0.39 is 36.3 Å². The van der Waals surface area contributed by atoms with Crippen LogP contribution in [0.4, 0.5) is 0 Å². The lowest BCUT2D eigenvalue weighted by molar-refractivity contribution is -0.148. The molecule has 1 aliphatic rings. The van der Waals surface area contributed by atoms with Crippen LogP contribution in [-0.4, -0.2) is 134 Å². The van der Waals surface area contributed by atoms with Crippen LogP contribution in [0.15, 0.2) is 41.9 Å². The number of methoxy groups -OCH3 is 2. The van der Waals surface area contributed by atoms with Gasteiger partial charge in [-0.1, -0.05) is 92.1 Å². The van der Waals surface area contributed by atoms with E-state index in [2.05, 4.69) is 36.4 Å². The Morgan fingerprint density at radius 3 is 2.20 bits per heavy atom. The molecule has 14 heteroatoms. The Morgan fingerprint density at radius 1 is 0.933 bits per heavy atom. The normalized spacial score (nSPS) is 18.4.